The normalized spacial score (nSPS) is 13.7. The Bertz CT molecular complexity index is 556. The van der Waals surface area contributed by atoms with Crippen LogP contribution in [0.15, 0.2) is 18.5 Å². The van der Waals surface area contributed by atoms with Gasteiger partial charge in [-0.2, -0.15) is 5.10 Å². The molecule has 0 aromatic carbocycles. The molecule has 0 amide bonds. The van der Waals surface area contributed by atoms with E-state index in [1.165, 1.54) is 0 Å². The first-order valence-corrected chi connectivity index (χ1v) is 6.52. The second kappa shape index (κ2) is 5.17. The average Bonchev–Trinajstić information content (AvgIpc) is 2.74. The molecule has 0 saturated carbocycles. The molecule has 19 heavy (non-hydrogen) atoms. The van der Waals surface area contributed by atoms with Crippen LogP contribution >= 0.6 is 0 Å². The van der Waals surface area contributed by atoms with Crippen molar-refractivity contribution in [2.24, 2.45) is 0 Å². The SMILES string of the molecule is COCC(C)Nc1nccn2nc(C(C)(C)C)cc12. The maximum atomic E-state index is 5.13. The van der Waals surface area contributed by atoms with E-state index in [-0.39, 0.29) is 11.5 Å². The maximum Gasteiger partial charge on any atom is 0.152 e. The molecule has 0 saturated heterocycles. The van der Waals surface area contributed by atoms with Gasteiger partial charge in [-0.05, 0) is 13.0 Å². The summed E-state index contributed by atoms with van der Waals surface area (Å²) in [5.74, 6) is 0.843. The van der Waals surface area contributed by atoms with E-state index in [2.05, 4.69) is 49.2 Å². The largest absolute Gasteiger partial charge is 0.383 e. The van der Waals surface area contributed by atoms with Crippen LogP contribution < -0.4 is 5.32 Å². The molecule has 2 aromatic rings. The van der Waals surface area contributed by atoms with Crippen LogP contribution in [0.2, 0.25) is 0 Å². The van der Waals surface area contributed by atoms with E-state index >= 15 is 0 Å². The van der Waals surface area contributed by atoms with Gasteiger partial charge in [-0.15, -0.1) is 0 Å². The summed E-state index contributed by atoms with van der Waals surface area (Å²) in [5.41, 5.74) is 2.08. The number of rotatable bonds is 4. The van der Waals surface area contributed by atoms with E-state index in [1.807, 2.05) is 10.7 Å². The molecular formula is C14H22N4O. The number of hydrogen-bond acceptors (Lipinski definition) is 4. The lowest BCUT2D eigenvalue weighted by atomic mass is 9.92. The van der Waals surface area contributed by atoms with Gasteiger partial charge in [0.25, 0.3) is 0 Å². The summed E-state index contributed by atoms with van der Waals surface area (Å²) >= 11 is 0. The third-order valence-electron chi connectivity index (χ3n) is 2.96. The van der Waals surface area contributed by atoms with Crippen LogP contribution in [-0.2, 0) is 10.2 Å². The van der Waals surface area contributed by atoms with Gasteiger partial charge in [-0.3, -0.25) is 0 Å². The lowest BCUT2D eigenvalue weighted by Crippen LogP contribution is -2.21. The first-order valence-electron chi connectivity index (χ1n) is 6.52. The van der Waals surface area contributed by atoms with Gasteiger partial charge in [0, 0.05) is 31.0 Å². The van der Waals surface area contributed by atoms with Crippen LogP contribution in [0.4, 0.5) is 5.82 Å². The van der Waals surface area contributed by atoms with Crippen LogP contribution in [0.1, 0.15) is 33.4 Å². The Morgan fingerprint density at radius 2 is 2.16 bits per heavy atom. The van der Waals surface area contributed by atoms with Crippen LogP contribution in [0.25, 0.3) is 5.52 Å². The predicted octanol–water partition coefficient (Wildman–Crippen LogP) is 2.47. The van der Waals surface area contributed by atoms with Crippen LogP contribution in [-0.4, -0.2) is 34.4 Å². The van der Waals surface area contributed by atoms with Gasteiger partial charge in [0.15, 0.2) is 5.82 Å². The molecule has 1 N–H and O–H groups in total. The monoisotopic (exact) mass is 262 g/mol. The molecule has 5 heteroatoms. The summed E-state index contributed by atoms with van der Waals surface area (Å²) in [6.45, 7) is 9.17. The van der Waals surface area contributed by atoms with Gasteiger partial charge < -0.3 is 10.1 Å². The standard InChI is InChI=1S/C14H22N4O/c1-10(9-19-5)16-13-11-8-12(14(2,3)4)17-18(11)7-6-15-13/h6-8,10H,9H2,1-5H3,(H,15,16). The number of anilines is 1. The summed E-state index contributed by atoms with van der Waals surface area (Å²) in [5, 5.41) is 7.96. The Kier molecular flexibility index (Phi) is 3.75. The van der Waals surface area contributed by atoms with Crippen LogP contribution in [0.5, 0.6) is 0 Å². The van der Waals surface area contributed by atoms with Gasteiger partial charge in [0.1, 0.15) is 5.52 Å². The Labute approximate surface area is 114 Å². The Morgan fingerprint density at radius 3 is 2.79 bits per heavy atom. The second-order valence-corrected chi connectivity index (χ2v) is 5.89. The fourth-order valence-electron chi connectivity index (χ4n) is 1.92. The zero-order chi connectivity index (χ0) is 14.0. The third kappa shape index (κ3) is 3.04. The lowest BCUT2D eigenvalue weighted by molar-refractivity contribution is 0.190. The topological polar surface area (TPSA) is 51.5 Å². The van der Waals surface area contributed by atoms with Crippen molar-refractivity contribution in [1.82, 2.24) is 14.6 Å². The minimum Gasteiger partial charge on any atom is -0.383 e. The van der Waals surface area contributed by atoms with Crippen LogP contribution in [0.3, 0.4) is 0 Å². The summed E-state index contributed by atoms with van der Waals surface area (Å²) < 4.78 is 7.01. The van der Waals surface area contributed by atoms with Crippen molar-refractivity contribution in [3.63, 3.8) is 0 Å². The van der Waals surface area contributed by atoms with Crippen molar-refractivity contribution >= 4 is 11.3 Å². The molecule has 0 bridgehead atoms. The molecule has 104 valence electrons. The fourth-order valence-corrected chi connectivity index (χ4v) is 1.92. The highest BCUT2D eigenvalue weighted by atomic mass is 16.5. The molecule has 2 heterocycles. The molecule has 1 atom stereocenters. The van der Waals surface area contributed by atoms with Gasteiger partial charge in [-0.25, -0.2) is 9.50 Å². The molecule has 2 aromatic heterocycles. The molecule has 1 unspecified atom stereocenters. The number of nitrogens with zero attached hydrogens (tertiary/aromatic N) is 3. The Balaban J connectivity index is 2.37. The van der Waals surface area contributed by atoms with Crippen molar-refractivity contribution < 1.29 is 4.74 Å². The quantitative estimate of drug-likeness (QED) is 0.919. The first kappa shape index (κ1) is 13.8. The van der Waals surface area contributed by atoms with Crippen molar-refractivity contribution in [3.8, 4) is 0 Å². The van der Waals surface area contributed by atoms with E-state index in [9.17, 15) is 0 Å². The first-order chi connectivity index (χ1) is 8.91. The van der Waals surface area contributed by atoms with Crippen molar-refractivity contribution in [1.29, 1.82) is 0 Å². The highest BCUT2D eigenvalue weighted by Crippen LogP contribution is 2.24. The van der Waals surface area contributed by atoms with E-state index in [0.717, 1.165) is 17.0 Å². The lowest BCUT2D eigenvalue weighted by Gasteiger charge is -2.14. The molecule has 0 aliphatic heterocycles. The number of ether oxygens (including phenoxy) is 1. The summed E-state index contributed by atoms with van der Waals surface area (Å²) in [6, 6.07) is 2.30. The van der Waals surface area contributed by atoms with E-state index in [4.69, 9.17) is 4.74 Å². The molecule has 0 aliphatic carbocycles. The van der Waals surface area contributed by atoms with Crippen LogP contribution in [0, 0.1) is 0 Å². The highest BCUT2D eigenvalue weighted by molar-refractivity contribution is 5.68. The van der Waals surface area contributed by atoms with E-state index in [1.54, 1.807) is 13.3 Å². The van der Waals surface area contributed by atoms with Gasteiger partial charge >= 0.3 is 0 Å². The van der Waals surface area contributed by atoms with E-state index < -0.39 is 0 Å². The van der Waals surface area contributed by atoms with E-state index in [0.29, 0.717) is 6.61 Å². The van der Waals surface area contributed by atoms with Crippen molar-refractivity contribution in [2.45, 2.75) is 39.2 Å². The smallest absolute Gasteiger partial charge is 0.152 e. The van der Waals surface area contributed by atoms with Gasteiger partial charge in [0.05, 0.1) is 12.3 Å². The molecule has 2 rings (SSSR count). The number of aromatic nitrogens is 3. The molecule has 0 radical (unpaired) electrons. The average molecular weight is 262 g/mol. The summed E-state index contributed by atoms with van der Waals surface area (Å²) in [4.78, 5) is 4.40. The Hall–Kier alpha value is -1.62. The number of methoxy groups -OCH3 is 1. The Morgan fingerprint density at radius 1 is 1.42 bits per heavy atom. The molecule has 0 spiro atoms. The summed E-state index contributed by atoms with van der Waals surface area (Å²) in [6.07, 6.45) is 3.63. The predicted molar refractivity (Wildman–Crippen MR) is 76.6 cm³/mol. The third-order valence-corrected chi connectivity index (χ3v) is 2.96. The zero-order valence-corrected chi connectivity index (χ0v) is 12.3. The second-order valence-electron chi connectivity index (χ2n) is 5.89. The van der Waals surface area contributed by atoms with Crippen molar-refractivity contribution in [3.05, 3.63) is 24.2 Å². The number of hydrogen-bond donors (Lipinski definition) is 1. The number of nitrogens with one attached hydrogen (secondary N) is 1. The minimum absolute atomic E-state index is 0.0292. The van der Waals surface area contributed by atoms with Gasteiger partial charge in [-0.1, -0.05) is 20.8 Å². The van der Waals surface area contributed by atoms with Gasteiger partial charge in [0.2, 0.25) is 0 Å². The minimum atomic E-state index is 0.0292. The summed E-state index contributed by atoms with van der Waals surface area (Å²) in [7, 11) is 1.70. The molecule has 5 nitrogen and oxygen atoms in total. The number of fused-ring (bicyclic) bond motifs is 1. The molecule has 0 aliphatic rings. The fraction of sp³-hybridized carbons (Fsp3) is 0.571. The zero-order valence-electron chi connectivity index (χ0n) is 12.3. The molecule has 0 fully saturated rings. The van der Waals surface area contributed by atoms with Crippen molar-refractivity contribution in [2.75, 3.05) is 19.0 Å². The maximum absolute atomic E-state index is 5.13. The molecular weight excluding hydrogens is 240 g/mol. The highest BCUT2D eigenvalue weighted by Gasteiger charge is 2.19.